The Morgan fingerprint density at radius 2 is 1.90 bits per heavy atom. The minimum Gasteiger partial charge on any atom is -0.459 e. The highest BCUT2D eigenvalue weighted by Crippen LogP contribution is 2.28. The number of amides is 2. The van der Waals surface area contributed by atoms with E-state index in [4.69, 9.17) is 4.42 Å². The predicted octanol–water partition coefficient (Wildman–Crippen LogP) is 2.68. The van der Waals surface area contributed by atoms with Gasteiger partial charge in [-0.3, -0.25) is 20.4 Å². The minimum atomic E-state index is -0.466. The lowest BCUT2D eigenvalue weighted by atomic mass is 10.1. The number of rotatable bonds is 2. The molecule has 0 atom stereocenters. The van der Waals surface area contributed by atoms with Crippen LogP contribution < -0.4 is 10.9 Å². The molecule has 0 radical (unpaired) electrons. The number of hydrogen-bond acceptors (Lipinski definition) is 4. The van der Waals surface area contributed by atoms with Crippen molar-refractivity contribution in [2.24, 2.45) is 0 Å². The number of furan rings is 1. The fraction of sp³-hybridized carbons (Fsp3) is 0.333. The maximum absolute atomic E-state index is 12.1. The highest BCUT2D eigenvalue weighted by molar-refractivity contribution is 7.14. The summed E-state index contributed by atoms with van der Waals surface area (Å²) in [6, 6.07) is 5.10. The van der Waals surface area contributed by atoms with E-state index >= 15 is 0 Å². The van der Waals surface area contributed by atoms with Gasteiger partial charge in [-0.2, -0.15) is 0 Å². The van der Waals surface area contributed by atoms with Crippen molar-refractivity contribution in [2.45, 2.75) is 32.1 Å². The molecular formula is C15H16N2O3S. The zero-order valence-corrected chi connectivity index (χ0v) is 12.3. The first-order valence-corrected chi connectivity index (χ1v) is 7.81. The largest absolute Gasteiger partial charge is 0.459 e. The van der Waals surface area contributed by atoms with Crippen molar-refractivity contribution in [1.29, 1.82) is 0 Å². The summed E-state index contributed by atoms with van der Waals surface area (Å²) in [6.07, 6.45) is 7.11. The van der Waals surface area contributed by atoms with Gasteiger partial charge in [-0.25, -0.2) is 0 Å². The Labute approximate surface area is 126 Å². The van der Waals surface area contributed by atoms with Crippen LogP contribution in [0.15, 0.2) is 28.9 Å². The van der Waals surface area contributed by atoms with Crippen LogP contribution in [0, 0.1) is 0 Å². The van der Waals surface area contributed by atoms with Crippen LogP contribution in [0.3, 0.4) is 0 Å². The van der Waals surface area contributed by atoms with Gasteiger partial charge in [-0.15, -0.1) is 11.3 Å². The van der Waals surface area contributed by atoms with Gasteiger partial charge in [-0.05, 0) is 49.4 Å². The number of hydrogen-bond donors (Lipinski definition) is 2. The second-order valence-electron chi connectivity index (χ2n) is 5.01. The van der Waals surface area contributed by atoms with Gasteiger partial charge in [0.1, 0.15) is 0 Å². The molecule has 110 valence electrons. The Bertz CT molecular complexity index is 622. The van der Waals surface area contributed by atoms with E-state index in [0.29, 0.717) is 4.88 Å². The molecule has 21 heavy (non-hydrogen) atoms. The zero-order chi connectivity index (χ0) is 14.7. The first-order valence-electron chi connectivity index (χ1n) is 7.00. The normalized spacial score (nSPS) is 14.1. The highest BCUT2D eigenvalue weighted by atomic mass is 32.1. The van der Waals surface area contributed by atoms with E-state index in [1.54, 1.807) is 6.07 Å². The summed E-state index contributed by atoms with van der Waals surface area (Å²) in [5.41, 5.74) is 6.05. The Morgan fingerprint density at radius 3 is 2.71 bits per heavy atom. The maximum Gasteiger partial charge on any atom is 0.305 e. The van der Waals surface area contributed by atoms with Gasteiger partial charge >= 0.3 is 5.91 Å². The SMILES string of the molecule is O=C(NNC(=O)c1cc2c(s1)CCCCC2)c1ccco1. The Balaban J connectivity index is 1.62. The van der Waals surface area contributed by atoms with E-state index in [-0.39, 0.29) is 11.7 Å². The van der Waals surface area contributed by atoms with Crippen molar-refractivity contribution in [1.82, 2.24) is 10.9 Å². The molecule has 0 fully saturated rings. The van der Waals surface area contributed by atoms with Crippen LogP contribution in [-0.2, 0) is 12.8 Å². The fourth-order valence-electron chi connectivity index (χ4n) is 2.42. The molecule has 2 amide bonds. The average Bonchev–Trinajstić information content (AvgIpc) is 3.11. The second-order valence-corrected chi connectivity index (χ2v) is 6.14. The van der Waals surface area contributed by atoms with Crippen LogP contribution in [0.5, 0.6) is 0 Å². The average molecular weight is 304 g/mol. The molecule has 5 nitrogen and oxygen atoms in total. The standard InChI is InChI=1S/C15H16N2O3S/c18-14(11-6-4-8-20-11)16-17-15(19)13-9-10-5-2-1-3-7-12(10)21-13/h4,6,8-9H,1-3,5,7H2,(H,16,18)(H,17,19). The van der Waals surface area contributed by atoms with E-state index in [0.717, 1.165) is 12.8 Å². The van der Waals surface area contributed by atoms with Gasteiger partial charge in [0.05, 0.1) is 11.1 Å². The zero-order valence-electron chi connectivity index (χ0n) is 11.5. The van der Waals surface area contributed by atoms with Crippen molar-refractivity contribution in [3.63, 3.8) is 0 Å². The van der Waals surface area contributed by atoms with E-state index in [2.05, 4.69) is 10.9 Å². The van der Waals surface area contributed by atoms with Gasteiger partial charge in [0.2, 0.25) is 0 Å². The topological polar surface area (TPSA) is 71.3 Å². The molecule has 3 rings (SSSR count). The summed E-state index contributed by atoms with van der Waals surface area (Å²) in [6.45, 7) is 0. The Morgan fingerprint density at radius 1 is 1.10 bits per heavy atom. The molecule has 1 aliphatic carbocycles. The summed E-state index contributed by atoms with van der Waals surface area (Å²) in [5.74, 6) is -0.586. The first kappa shape index (κ1) is 13.9. The van der Waals surface area contributed by atoms with Gasteiger partial charge in [0, 0.05) is 4.88 Å². The smallest absolute Gasteiger partial charge is 0.305 e. The molecule has 2 aromatic rings. The number of fused-ring (bicyclic) bond motifs is 1. The number of carbonyl (C=O) groups excluding carboxylic acids is 2. The maximum atomic E-state index is 12.1. The lowest BCUT2D eigenvalue weighted by Gasteiger charge is -2.04. The Hall–Kier alpha value is -2.08. The molecule has 2 aromatic heterocycles. The fourth-order valence-corrected chi connectivity index (χ4v) is 3.57. The van der Waals surface area contributed by atoms with E-state index < -0.39 is 5.91 Å². The molecule has 0 aliphatic heterocycles. The third-order valence-electron chi connectivity index (χ3n) is 3.50. The van der Waals surface area contributed by atoms with E-state index in [9.17, 15) is 9.59 Å². The monoisotopic (exact) mass is 304 g/mol. The lowest BCUT2D eigenvalue weighted by Crippen LogP contribution is -2.41. The third kappa shape index (κ3) is 3.16. The molecule has 0 aromatic carbocycles. The van der Waals surface area contributed by atoms with Crippen LogP contribution in [0.4, 0.5) is 0 Å². The molecule has 0 unspecified atom stereocenters. The Kier molecular flexibility index (Phi) is 4.06. The summed E-state index contributed by atoms with van der Waals surface area (Å²) in [4.78, 5) is 25.7. The molecule has 2 N–H and O–H groups in total. The van der Waals surface area contributed by atoms with Crippen LogP contribution in [-0.4, -0.2) is 11.8 Å². The molecular weight excluding hydrogens is 288 g/mol. The molecule has 0 saturated carbocycles. The summed E-state index contributed by atoms with van der Waals surface area (Å²) in [5, 5.41) is 0. The molecule has 0 spiro atoms. The van der Waals surface area contributed by atoms with Gasteiger partial charge in [-0.1, -0.05) is 6.42 Å². The van der Waals surface area contributed by atoms with Gasteiger partial charge in [0.15, 0.2) is 5.76 Å². The first-order chi connectivity index (χ1) is 10.2. The number of hydrazine groups is 1. The minimum absolute atomic E-state index is 0.164. The molecule has 0 saturated heterocycles. The molecule has 0 bridgehead atoms. The van der Waals surface area contributed by atoms with Crippen molar-refractivity contribution < 1.29 is 14.0 Å². The summed E-state index contributed by atoms with van der Waals surface area (Å²) in [7, 11) is 0. The van der Waals surface area contributed by atoms with Crippen molar-refractivity contribution in [3.05, 3.63) is 45.5 Å². The quantitative estimate of drug-likeness (QED) is 0.662. The number of aryl methyl sites for hydroxylation is 2. The van der Waals surface area contributed by atoms with Crippen LogP contribution in [0.2, 0.25) is 0 Å². The second kappa shape index (κ2) is 6.13. The number of carbonyl (C=O) groups is 2. The van der Waals surface area contributed by atoms with Crippen molar-refractivity contribution in [2.75, 3.05) is 0 Å². The third-order valence-corrected chi connectivity index (χ3v) is 4.74. The van der Waals surface area contributed by atoms with Crippen LogP contribution in [0.25, 0.3) is 0 Å². The molecule has 6 heteroatoms. The number of nitrogens with one attached hydrogen (secondary N) is 2. The summed E-state index contributed by atoms with van der Waals surface area (Å²) >= 11 is 1.52. The van der Waals surface area contributed by atoms with Crippen LogP contribution >= 0.6 is 11.3 Å². The van der Waals surface area contributed by atoms with Gasteiger partial charge in [0.25, 0.3) is 5.91 Å². The van der Waals surface area contributed by atoms with Crippen molar-refractivity contribution in [3.8, 4) is 0 Å². The number of thiophene rings is 1. The molecule has 2 heterocycles. The van der Waals surface area contributed by atoms with E-state index in [1.807, 2.05) is 6.07 Å². The molecule has 1 aliphatic rings. The van der Waals surface area contributed by atoms with Crippen molar-refractivity contribution >= 4 is 23.2 Å². The lowest BCUT2D eigenvalue weighted by molar-refractivity contribution is 0.0833. The van der Waals surface area contributed by atoms with E-state index in [1.165, 1.54) is 53.4 Å². The predicted molar refractivity (Wildman–Crippen MR) is 79.2 cm³/mol. The van der Waals surface area contributed by atoms with Crippen LogP contribution in [0.1, 0.15) is 49.9 Å². The highest BCUT2D eigenvalue weighted by Gasteiger charge is 2.17. The summed E-state index contributed by atoms with van der Waals surface area (Å²) < 4.78 is 4.95. The van der Waals surface area contributed by atoms with Gasteiger partial charge < -0.3 is 4.42 Å².